The van der Waals surface area contributed by atoms with Gasteiger partial charge in [-0.1, -0.05) is 30.0 Å². The van der Waals surface area contributed by atoms with Crippen LogP contribution in [0.4, 0.5) is 5.69 Å². The zero-order valence-electron chi connectivity index (χ0n) is 15.5. The first-order chi connectivity index (χ1) is 13.0. The summed E-state index contributed by atoms with van der Waals surface area (Å²) < 4.78 is 1.61. The standard InChI is InChI=1S/C19H24N4O3S/c1-4-8-20-17(25)10-23-15(11-24)9-21-19(23)27-12-18(26)22-16-7-5-6-13(2)14(16)3/h4-7,9,24H,1,8,10-12H2,2-3H3,(H,20,25)(H,22,26). The van der Waals surface area contributed by atoms with Crippen molar-refractivity contribution in [3.8, 4) is 0 Å². The Labute approximate surface area is 162 Å². The van der Waals surface area contributed by atoms with Gasteiger partial charge in [0.05, 0.1) is 24.3 Å². The summed E-state index contributed by atoms with van der Waals surface area (Å²) in [7, 11) is 0. The number of aryl methyl sites for hydroxylation is 1. The molecule has 0 radical (unpaired) electrons. The summed E-state index contributed by atoms with van der Waals surface area (Å²) in [4.78, 5) is 28.5. The van der Waals surface area contributed by atoms with Gasteiger partial charge in [-0.05, 0) is 31.0 Å². The lowest BCUT2D eigenvalue weighted by molar-refractivity contribution is -0.121. The molecule has 0 aliphatic carbocycles. The van der Waals surface area contributed by atoms with E-state index in [9.17, 15) is 14.7 Å². The summed E-state index contributed by atoms with van der Waals surface area (Å²) in [5.41, 5.74) is 3.43. The van der Waals surface area contributed by atoms with Crippen LogP contribution in [0.25, 0.3) is 0 Å². The highest BCUT2D eigenvalue weighted by Gasteiger charge is 2.15. The number of aliphatic hydroxyl groups is 1. The molecule has 3 N–H and O–H groups in total. The van der Waals surface area contributed by atoms with Crippen LogP contribution in [0.1, 0.15) is 16.8 Å². The molecule has 0 aliphatic rings. The molecular weight excluding hydrogens is 364 g/mol. The molecule has 144 valence electrons. The Balaban J connectivity index is 2.01. The Bertz CT molecular complexity index is 832. The van der Waals surface area contributed by atoms with Crippen LogP contribution >= 0.6 is 11.8 Å². The number of aliphatic hydroxyl groups excluding tert-OH is 1. The van der Waals surface area contributed by atoms with Crippen molar-refractivity contribution < 1.29 is 14.7 Å². The maximum Gasteiger partial charge on any atom is 0.240 e. The van der Waals surface area contributed by atoms with Crippen LogP contribution in [0.3, 0.4) is 0 Å². The predicted molar refractivity (Wildman–Crippen MR) is 107 cm³/mol. The molecule has 0 saturated carbocycles. The maximum absolute atomic E-state index is 12.3. The Kier molecular flexibility index (Phi) is 7.63. The second-order valence-electron chi connectivity index (χ2n) is 5.95. The highest BCUT2D eigenvalue weighted by Crippen LogP contribution is 2.21. The third kappa shape index (κ3) is 5.70. The van der Waals surface area contributed by atoms with Gasteiger partial charge >= 0.3 is 0 Å². The quantitative estimate of drug-likeness (QED) is 0.451. The van der Waals surface area contributed by atoms with E-state index in [0.29, 0.717) is 17.4 Å². The van der Waals surface area contributed by atoms with Gasteiger partial charge in [0, 0.05) is 12.2 Å². The summed E-state index contributed by atoms with van der Waals surface area (Å²) in [5, 5.41) is 15.5. The summed E-state index contributed by atoms with van der Waals surface area (Å²) >= 11 is 1.22. The topological polar surface area (TPSA) is 96.2 Å². The van der Waals surface area contributed by atoms with Crippen molar-refractivity contribution >= 4 is 29.3 Å². The van der Waals surface area contributed by atoms with E-state index < -0.39 is 0 Å². The molecule has 0 fully saturated rings. The van der Waals surface area contributed by atoms with Crippen molar-refractivity contribution in [3.63, 3.8) is 0 Å². The number of nitrogens with zero attached hydrogens (tertiary/aromatic N) is 2. The summed E-state index contributed by atoms with van der Waals surface area (Å²) in [6, 6.07) is 5.75. The van der Waals surface area contributed by atoms with Gasteiger partial charge in [0.2, 0.25) is 11.8 Å². The molecule has 1 aromatic heterocycles. The fourth-order valence-corrected chi connectivity index (χ4v) is 3.19. The molecule has 1 heterocycles. The van der Waals surface area contributed by atoms with E-state index in [1.807, 2.05) is 32.0 Å². The van der Waals surface area contributed by atoms with Gasteiger partial charge in [-0.2, -0.15) is 0 Å². The summed E-state index contributed by atoms with van der Waals surface area (Å²) in [6.45, 7) is 7.65. The van der Waals surface area contributed by atoms with Crippen LogP contribution in [-0.4, -0.2) is 38.8 Å². The molecule has 0 atom stereocenters. The second kappa shape index (κ2) is 9.94. The molecule has 0 unspecified atom stereocenters. The van der Waals surface area contributed by atoms with Crippen molar-refractivity contribution in [1.82, 2.24) is 14.9 Å². The van der Waals surface area contributed by atoms with Crippen molar-refractivity contribution in [1.29, 1.82) is 0 Å². The Morgan fingerprint density at radius 2 is 2.11 bits per heavy atom. The van der Waals surface area contributed by atoms with E-state index in [4.69, 9.17) is 0 Å². The van der Waals surface area contributed by atoms with Crippen LogP contribution in [0.5, 0.6) is 0 Å². The lowest BCUT2D eigenvalue weighted by atomic mass is 10.1. The number of aromatic nitrogens is 2. The number of thioether (sulfide) groups is 1. The molecule has 0 bridgehead atoms. The zero-order chi connectivity index (χ0) is 19.8. The van der Waals surface area contributed by atoms with E-state index >= 15 is 0 Å². The van der Waals surface area contributed by atoms with Crippen LogP contribution in [0, 0.1) is 13.8 Å². The number of benzene rings is 1. The van der Waals surface area contributed by atoms with Crippen LogP contribution in [-0.2, 0) is 22.7 Å². The number of hydrogen-bond donors (Lipinski definition) is 3. The van der Waals surface area contributed by atoms with Crippen LogP contribution in [0.15, 0.2) is 42.2 Å². The number of amides is 2. The molecule has 7 nitrogen and oxygen atoms in total. The molecule has 0 aliphatic heterocycles. The molecule has 2 aromatic rings. The fraction of sp³-hybridized carbons (Fsp3) is 0.316. The highest BCUT2D eigenvalue weighted by atomic mass is 32.2. The minimum Gasteiger partial charge on any atom is -0.390 e. The third-order valence-corrected chi connectivity index (χ3v) is 5.01. The van der Waals surface area contributed by atoms with Gasteiger partial charge in [0.1, 0.15) is 6.54 Å². The molecule has 8 heteroatoms. The van der Waals surface area contributed by atoms with Gasteiger partial charge in [0.15, 0.2) is 5.16 Å². The first-order valence-electron chi connectivity index (χ1n) is 8.48. The number of nitrogens with one attached hydrogen (secondary N) is 2. The minimum atomic E-state index is -0.239. The second-order valence-corrected chi connectivity index (χ2v) is 6.90. The molecule has 27 heavy (non-hydrogen) atoms. The molecule has 2 amide bonds. The van der Waals surface area contributed by atoms with E-state index in [0.717, 1.165) is 16.8 Å². The van der Waals surface area contributed by atoms with Crippen LogP contribution in [0.2, 0.25) is 0 Å². The van der Waals surface area contributed by atoms with Gasteiger partial charge in [0.25, 0.3) is 0 Å². The highest BCUT2D eigenvalue weighted by molar-refractivity contribution is 7.99. The van der Waals surface area contributed by atoms with Crippen LogP contribution < -0.4 is 10.6 Å². The number of rotatable bonds is 9. The van der Waals surface area contributed by atoms with Crippen molar-refractivity contribution in [3.05, 3.63) is 53.9 Å². The van der Waals surface area contributed by atoms with E-state index in [1.54, 1.807) is 10.6 Å². The zero-order valence-corrected chi connectivity index (χ0v) is 16.3. The number of carbonyl (C=O) groups is 2. The van der Waals surface area contributed by atoms with Gasteiger partial charge < -0.3 is 20.3 Å². The molecule has 0 saturated heterocycles. The maximum atomic E-state index is 12.3. The molecule has 0 spiro atoms. The van der Waals surface area contributed by atoms with Gasteiger partial charge in [-0.3, -0.25) is 9.59 Å². The van der Waals surface area contributed by atoms with Gasteiger partial charge in [-0.15, -0.1) is 6.58 Å². The van der Waals surface area contributed by atoms with Crippen molar-refractivity contribution in [2.75, 3.05) is 17.6 Å². The molecule has 2 rings (SSSR count). The number of hydrogen-bond acceptors (Lipinski definition) is 5. The average molecular weight is 388 g/mol. The van der Waals surface area contributed by atoms with E-state index in [2.05, 4.69) is 22.2 Å². The minimum absolute atomic E-state index is 0.0185. The molecule has 1 aromatic carbocycles. The fourth-order valence-electron chi connectivity index (χ4n) is 2.39. The largest absolute Gasteiger partial charge is 0.390 e. The third-order valence-electron chi connectivity index (χ3n) is 4.02. The summed E-state index contributed by atoms with van der Waals surface area (Å²) in [6.07, 6.45) is 3.10. The summed E-state index contributed by atoms with van der Waals surface area (Å²) in [5.74, 6) is -0.238. The number of imidazole rings is 1. The first-order valence-corrected chi connectivity index (χ1v) is 9.46. The first kappa shape index (κ1) is 20.7. The monoisotopic (exact) mass is 388 g/mol. The number of anilines is 1. The average Bonchev–Trinajstić information content (AvgIpc) is 3.03. The normalized spacial score (nSPS) is 10.5. The smallest absolute Gasteiger partial charge is 0.240 e. The Morgan fingerprint density at radius 1 is 1.33 bits per heavy atom. The molecular formula is C19H24N4O3S. The predicted octanol–water partition coefficient (Wildman–Crippen LogP) is 2.03. The Morgan fingerprint density at radius 3 is 2.81 bits per heavy atom. The SMILES string of the molecule is C=CCNC(=O)Cn1c(CO)cnc1SCC(=O)Nc1cccc(C)c1C. The van der Waals surface area contributed by atoms with E-state index in [1.165, 1.54) is 18.0 Å². The van der Waals surface area contributed by atoms with E-state index in [-0.39, 0.29) is 30.7 Å². The van der Waals surface area contributed by atoms with Crippen molar-refractivity contribution in [2.24, 2.45) is 0 Å². The lowest BCUT2D eigenvalue weighted by Crippen LogP contribution is -2.28. The Hall–Kier alpha value is -2.58. The number of carbonyl (C=O) groups excluding carboxylic acids is 2. The van der Waals surface area contributed by atoms with Gasteiger partial charge in [-0.25, -0.2) is 4.98 Å². The lowest BCUT2D eigenvalue weighted by Gasteiger charge is -2.12. The van der Waals surface area contributed by atoms with Crippen molar-refractivity contribution in [2.45, 2.75) is 32.2 Å².